The van der Waals surface area contributed by atoms with Gasteiger partial charge in [0.05, 0.1) is 6.61 Å². The van der Waals surface area contributed by atoms with Gasteiger partial charge in [-0.15, -0.1) is 0 Å². The van der Waals surface area contributed by atoms with Crippen LogP contribution in [0.5, 0.6) is 5.88 Å². The number of nitrogens with zero attached hydrogens (tertiary/aromatic N) is 2. The predicted molar refractivity (Wildman–Crippen MR) is 118 cm³/mol. The molecule has 4 bridgehead atoms. The summed E-state index contributed by atoms with van der Waals surface area (Å²) >= 11 is 1.70. The highest BCUT2D eigenvalue weighted by atomic mass is 32.2. The first-order valence-electron chi connectivity index (χ1n) is 11.3. The van der Waals surface area contributed by atoms with Gasteiger partial charge in [0.15, 0.2) is 5.16 Å². The Morgan fingerprint density at radius 1 is 1.00 bits per heavy atom. The minimum absolute atomic E-state index is 0.492. The molecule has 0 aliphatic heterocycles. The van der Waals surface area contributed by atoms with Gasteiger partial charge >= 0.3 is 0 Å². The lowest BCUT2D eigenvalue weighted by Crippen LogP contribution is -2.48. The number of aryl methyl sites for hydroxylation is 1. The van der Waals surface area contributed by atoms with Crippen molar-refractivity contribution in [3.63, 3.8) is 0 Å². The monoisotopic (exact) mass is 408 g/mol. The van der Waals surface area contributed by atoms with Crippen LogP contribution < -0.4 is 4.74 Å². The maximum atomic E-state index is 5.70. The summed E-state index contributed by atoms with van der Waals surface area (Å²) in [6, 6.07) is 11.4. The molecule has 4 saturated carbocycles. The fraction of sp³-hybridized carbons (Fsp3) is 0.600. The second-order valence-electron chi connectivity index (χ2n) is 9.66. The molecule has 6 rings (SSSR count). The number of ether oxygens (including phenoxy) is 1. The summed E-state index contributed by atoms with van der Waals surface area (Å²) in [5.74, 6) is 4.59. The molecular formula is C25H32N2OS. The van der Waals surface area contributed by atoms with E-state index in [1.807, 2.05) is 13.0 Å². The molecule has 0 amide bonds. The smallest absolute Gasteiger partial charge is 0.217 e. The topological polar surface area (TPSA) is 35.0 Å². The van der Waals surface area contributed by atoms with Gasteiger partial charge in [-0.3, -0.25) is 0 Å². The highest BCUT2D eigenvalue weighted by Crippen LogP contribution is 2.60. The van der Waals surface area contributed by atoms with Gasteiger partial charge in [-0.1, -0.05) is 43.0 Å². The summed E-state index contributed by atoms with van der Waals surface area (Å²) in [4.78, 5) is 9.13. The van der Waals surface area contributed by atoms with E-state index in [0.717, 1.165) is 40.8 Å². The van der Waals surface area contributed by atoms with Gasteiger partial charge in [-0.25, -0.2) is 4.98 Å². The van der Waals surface area contributed by atoms with Crippen LogP contribution in [0.2, 0.25) is 0 Å². The second kappa shape index (κ2) is 7.94. The summed E-state index contributed by atoms with van der Waals surface area (Å²) in [5.41, 5.74) is 4.41. The molecule has 29 heavy (non-hydrogen) atoms. The van der Waals surface area contributed by atoms with Crippen LogP contribution in [0, 0.1) is 24.7 Å². The van der Waals surface area contributed by atoms with E-state index < -0.39 is 0 Å². The Kier molecular flexibility index (Phi) is 5.32. The molecule has 4 aliphatic rings. The van der Waals surface area contributed by atoms with Crippen LogP contribution in [0.1, 0.15) is 68.7 Å². The third-order valence-corrected chi connectivity index (χ3v) is 8.16. The summed E-state index contributed by atoms with van der Waals surface area (Å²) in [5, 5.41) is 0.807. The van der Waals surface area contributed by atoms with Crippen molar-refractivity contribution in [3.05, 3.63) is 47.2 Å². The van der Waals surface area contributed by atoms with E-state index in [9.17, 15) is 0 Å². The minimum atomic E-state index is 0.492. The molecular weight excluding hydrogens is 376 g/mol. The number of aromatic nitrogens is 2. The molecule has 4 heteroatoms. The average molecular weight is 409 g/mol. The Balaban J connectivity index is 1.25. The normalized spacial score (nSPS) is 29.9. The zero-order valence-corrected chi connectivity index (χ0v) is 18.5. The Bertz CT molecular complexity index is 828. The number of thioether (sulfide) groups is 1. The van der Waals surface area contributed by atoms with Crippen LogP contribution in [0.15, 0.2) is 35.5 Å². The van der Waals surface area contributed by atoms with Crippen molar-refractivity contribution in [2.24, 2.45) is 17.8 Å². The van der Waals surface area contributed by atoms with E-state index in [1.165, 1.54) is 44.1 Å². The molecule has 0 N–H and O–H groups in total. The molecule has 4 fully saturated rings. The maximum Gasteiger partial charge on any atom is 0.217 e. The van der Waals surface area contributed by atoms with Crippen molar-refractivity contribution in [1.29, 1.82) is 0 Å². The zero-order chi connectivity index (χ0) is 19.8. The van der Waals surface area contributed by atoms with Crippen molar-refractivity contribution in [1.82, 2.24) is 9.97 Å². The van der Waals surface area contributed by atoms with Gasteiger partial charge < -0.3 is 4.74 Å². The van der Waals surface area contributed by atoms with Crippen LogP contribution in [-0.2, 0) is 11.2 Å². The number of benzene rings is 1. The van der Waals surface area contributed by atoms with E-state index in [0.29, 0.717) is 17.9 Å². The fourth-order valence-corrected chi connectivity index (χ4v) is 7.28. The highest BCUT2D eigenvalue weighted by Gasteiger charge is 2.51. The van der Waals surface area contributed by atoms with Gasteiger partial charge in [-0.2, -0.15) is 4.98 Å². The number of hydrogen-bond acceptors (Lipinski definition) is 4. The Morgan fingerprint density at radius 3 is 2.28 bits per heavy atom. The quantitative estimate of drug-likeness (QED) is 0.396. The van der Waals surface area contributed by atoms with Gasteiger partial charge in [-0.05, 0) is 86.2 Å². The molecule has 154 valence electrons. The lowest BCUT2D eigenvalue weighted by Gasteiger charge is -2.57. The zero-order valence-electron chi connectivity index (χ0n) is 17.7. The first-order valence-corrected chi connectivity index (χ1v) is 12.3. The average Bonchev–Trinajstić information content (AvgIpc) is 2.70. The van der Waals surface area contributed by atoms with Crippen molar-refractivity contribution in [2.75, 3.05) is 6.61 Å². The van der Waals surface area contributed by atoms with E-state index in [4.69, 9.17) is 4.74 Å². The van der Waals surface area contributed by atoms with E-state index in [1.54, 1.807) is 17.3 Å². The van der Waals surface area contributed by atoms with Crippen LogP contribution in [0.4, 0.5) is 0 Å². The lowest BCUT2D eigenvalue weighted by atomic mass is 9.48. The van der Waals surface area contributed by atoms with Gasteiger partial charge in [0, 0.05) is 17.5 Å². The Labute approximate surface area is 179 Å². The maximum absolute atomic E-state index is 5.70. The standard InChI is InChI=1S/C25H32N2OS/c1-3-8-28-23-9-17(2)26-24(27-23)29-16-18-4-6-22(7-5-18)25-13-19-10-20(14-25)12-21(11-19)15-25/h4-7,9,19-21H,3,8,10-16H2,1-2H3. The third-order valence-electron chi connectivity index (χ3n) is 7.24. The molecule has 4 aliphatic carbocycles. The molecule has 2 aromatic rings. The summed E-state index contributed by atoms with van der Waals surface area (Å²) in [6.45, 7) is 4.81. The molecule has 0 radical (unpaired) electrons. The molecule has 0 atom stereocenters. The largest absolute Gasteiger partial charge is 0.478 e. The fourth-order valence-electron chi connectivity index (χ4n) is 6.43. The molecule has 1 aromatic heterocycles. The summed E-state index contributed by atoms with van der Waals surface area (Å²) in [7, 11) is 0. The Hall–Kier alpha value is -1.55. The Morgan fingerprint density at radius 2 is 1.66 bits per heavy atom. The van der Waals surface area contributed by atoms with Gasteiger partial charge in [0.2, 0.25) is 5.88 Å². The lowest BCUT2D eigenvalue weighted by molar-refractivity contribution is -0.00519. The summed E-state index contributed by atoms with van der Waals surface area (Å²) in [6.07, 6.45) is 9.82. The van der Waals surface area contributed by atoms with Gasteiger partial charge in [0.1, 0.15) is 0 Å². The van der Waals surface area contributed by atoms with Crippen LogP contribution in [-0.4, -0.2) is 16.6 Å². The first kappa shape index (κ1) is 19.4. The molecule has 0 saturated heterocycles. The predicted octanol–water partition coefficient (Wildman–Crippen LogP) is 6.33. The molecule has 0 spiro atoms. The van der Waals surface area contributed by atoms with E-state index >= 15 is 0 Å². The van der Waals surface area contributed by atoms with E-state index in [2.05, 4.69) is 41.2 Å². The highest BCUT2D eigenvalue weighted by molar-refractivity contribution is 7.98. The van der Waals surface area contributed by atoms with Gasteiger partial charge in [0.25, 0.3) is 0 Å². The molecule has 3 nitrogen and oxygen atoms in total. The molecule has 1 aromatic carbocycles. The minimum Gasteiger partial charge on any atom is -0.478 e. The van der Waals surface area contributed by atoms with Crippen LogP contribution in [0.25, 0.3) is 0 Å². The van der Waals surface area contributed by atoms with Crippen molar-refractivity contribution in [2.45, 2.75) is 75.1 Å². The van der Waals surface area contributed by atoms with Crippen LogP contribution >= 0.6 is 11.8 Å². The third kappa shape index (κ3) is 4.05. The molecule has 0 unspecified atom stereocenters. The number of hydrogen-bond donors (Lipinski definition) is 0. The van der Waals surface area contributed by atoms with Crippen LogP contribution in [0.3, 0.4) is 0 Å². The molecule has 1 heterocycles. The summed E-state index contributed by atoms with van der Waals surface area (Å²) < 4.78 is 5.70. The van der Waals surface area contributed by atoms with Crippen molar-refractivity contribution >= 4 is 11.8 Å². The van der Waals surface area contributed by atoms with Crippen molar-refractivity contribution in [3.8, 4) is 5.88 Å². The first-order chi connectivity index (χ1) is 14.1. The van der Waals surface area contributed by atoms with E-state index in [-0.39, 0.29) is 0 Å². The number of rotatable bonds is 7. The van der Waals surface area contributed by atoms with Crippen molar-refractivity contribution < 1.29 is 4.74 Å². The second-order valence-corrected chi connectivity index (χ2v) is 10.6. The SMILES string of the molecule is CCCOc1cc(C)nc(SCc2ccc(C34CC5CC(CC(C5)C3)C4)cc2)n1.